The van der Waals surface area contributed by atoms with Crippen molar-refractivity contribution in [1.82, 2.24) is 4.57 Å². The van der Waals surface area contributed by atoms with E-state index in [1.807, 2.05) is 0 Å². The van der Waals surface area contributed by atoms with Gasteiger partial charge >= 0.3 is 5.97 Å². The molecule has 0 fully saturated rings. The molecule has 0 saturated carbocycles. The molecule has 5 nitrogen and oxygen atoms in total. The fraction of sp³-hybridized carbons (Fsp3) is 0.286. The summed E-state index contributed by atoms with van der Waals surface area (Å²) >= 11 is 5.98. The van der Waals surface area contributed by atoms with Crippen LogP contribution in [-0.2, 0) is 11.8 Å². The standard InChI is InChI=1S/C14H14ClNO4/c1-4-20-14(18)11-9-7-8(15)5-6-10(9)16(2)13(17)12(11)19-3/h5-7H,4H2,1-3H3. The number of benzene rings is 1. The van der Waals surface area contributed by atoms with Gasteiger partial charge in [0.05, 0.1) is 19.2 Å². The van der Waals surface area contributed by atoms with Gasteiger partial charge in [0.2, 0.25) is 0 Å². The van der Waals surface area contributed by atoms with Crippen LogP contribution in [0.25, 0.3) is 10.9 Å². The van der Waals surface area contributed by atoms with Crippen LogP contribution in [0.4, 0.5) is 0 Å². The van der Waals surface area contributed by atoms with E-state index in [0.29, 0.717) is 15.9 Å². The lowest BCUT2D eigenvalue weighted by Crippen LogP contribution is -2.23. The topological polar surface area (TPSA) is 57.5 Å². The van der Waals surface area contributed by atoms with Crippen molar-refractivity contribution in [2.24, 2.45) is 7.05 Å². The van der Waals surface area contributed by atoms with Gasteiger partial charge in [-0.25, -0.2) is 4.79 Å². The smallest absolute Gasteiger partial charge is 0.342 e. The summed E-state index contributed by atoms with van der Waals surface area (Å²) in [6.07, 6.45) is 0. The van der Waals surface area contributed by atoms with Gasteiger partial charge in [0.25, 0.3) is 5.56 Å². The Kier molecular flexibility index (Phi) is 3.99. The molecular weight excluding hydrogens is 282 g/mol. The molecule has 20 heavy (non-hydrogen) atoms. The van der Waals surface area contributed by atoms with Gasteiger partial charge in [0.15, 0.2) is 5.75 Å². The summed E-state index contributed by atoms with van der Waals surface area (Å²) < 4.78 is 11.5. The molecule has 0 N–H and O–H groups in total. The van der Waals surface area contributed by atoms with Crippen molar-refractivity contribution in [2.75, 3.05) is 13.7 Å². The molecule has 0 unspecified atom stereocenters. The van der Waals surface area contributed by atoms with Gasteiger partial charge in [0.1, 0.15) is 5.56 Å². The zero-order valence-electron chi connectivity index (χ0n) is 11.4. The third kappa shape index (κ3) is 2.25. The number of hydrogen-bond acceptors (Lipinski definition) is 4. The SMILES string of the molecule is CCOC(=O)c1c(OC)c(=O)n(C)c2ccc(Cl)cc12. The second kappa shape index (κ2) is 5.54. The van der Waals surface area contributed by atoms with E-state index in [1.54, 1.807) is 32.2 Å². The summed E-state index contributed by atoms with van der Waals surface area (Å²) in [5.74, 6) is -0.643. The van der Waals surface area contributed by atoms with Crippen LogP contribution < -0.4 is 10.3 Å². The fourth-order valence-corrected chi connectivity index (χ4v) is 2.26. The molecule has 0 aliphatic rings. The van der Waals surface area contributed by atoms with E-state index >= 15 is 0 Å². The van der Waals surface area contributed by atoms with Crippen molar-refractivity contribution in [2.45, 2.75) is 6.92 Å². The number of carbonyl (C=O) groups excluding carboxylic acids is 1. The Labute approximate surface area is 120 Å². The maximum absolute atomic E-state index is 12.2. The fourth-order valence-electron chi connectivity index (χ4n) is 2.09. The van der Waals surface area contributed by atoms with E-state index in [1.165, 1.54) is 11.7 Å². The minimum absolute atomic E-state index is 0.0410. The molecular formula is C14H14ClNO4. The molecule has 0 amide bonds. The molecule has 0 aliphatic heterocycles. The number of ether oxygens (including phenoxy) is 2. The third-order valence-corrected chi connectivity index (χ3v) is 3.23. The van der Waals surface area contributed by atoms with Gasteiger partial charge in [0, 0.05) is 17.5 Å². The van der Waals surface area contributed by atoms with Crippen LogP contribution in [0.1, 0.15) is 17.3 Å². The zero-order valence-corrected chi connectivity index (χ0v) is 12.2. The Bertz CT molecular complexity index is 736. The van der Waals surface area contributed by atoms with Crippen LogP contribution in [0.15, 0.2) is 23.0 Å². The highest BCUT2D eigenvalue weighted by molar-refractivity contribution is 6.31. The minimum atomic E-state index is -0.602. The Morgan fingerprint density at radius 3 is 2.70 bits per heavy atom. The van der Waals surface area contributed by atoms with Crippen molar-refractivity contribution < 1.29 is 14.3 Å². The van der Waals surface area contributed by atoms with Gasteiger partial charge in [-0.15, -0.1) is 0 Å². The van der Waals surface area contributed by atoms with Gasteiger partial charge in [-0.3, -0.25) is 4.79 Å². The largest absolute Gasteiger partial charge is 0.490 e. The number of rotatable bonds is 3. The molecule has 1 aromatic carbocycles. The molecule has 2 rings (SSSR count). The first kappa shape index (κ1) is 14.4. The highest BCUT2D eigenvalue weighted by Gasteiger charge is 2.22. The monoisotopic (exact) mass is 295 g/mol. The molecule has 6 heteroatoms. The van der Waals surface area contributed by atoms with E-state index in [-0.39, 0.29) is 17.9 Å². The average molecular weight is 296 g/mol. The normalized spacial score (nSPS) is 10.6. The van der Waals surface area contributed by atoms with E-state index in [4.69, 9.17) is 21.1 Å². The lowest BCUT2D eigenvalue weighted by molar-refractivity contribution is 0.0524. The number of aryl methyl sites for hydroxylation is 1. The van der Waals surface area contributed by atoms with Crippen LogP contribution in [0.2, 0.25) is 5.02 Å². The summed E-state index contributed by atoms with van der Waals surface area (Å²) in [6.45, 7) is 1.90. The predicted molar refractivity (Wildman–Crippen MR) is 76.7 cm³/mol. The zero-order chi connectivity index (χ0) is 14.9. The highest BCUT2D eigenvalue weighted by atomic mass is 35.5. The molecule has 0 atom stereocenters. The van der Waals surface area contributed by atoms with E-state index < -0.39 is 11.5 Å². The van der Waals surface area contributed by atoms with Gasteiger partial charge in [-0.05, 0) is 25.1 Å². The molecule has 0 radical (unpaired) electrons. The first-order valence-electron chi connectivity index (χ1n) is 6.04. The number of nitrogens with zero attached hydrogens (tertiary/aromatic N) is 1. The quantitative estimate of drug-likeness (QED) is 0.816. The van der Waals surface area contributed by atoms with E-state index in [0.717, 1.165) is 0 Å². The maximum atomic E-state index is 12.2. The van der Waals surface area contributed by atoms with Crippen molar-refractivity contribution in [3.8, 4) is 5.75 Å². The van der Waals surface area contributed by atoms with Gasteiger partial charge in [-0.1, -0.05) is 11.6 Å². The number of hydrogen-bond donors (Lipinski definition) is 0. The van der Waals surface area contributed by atoms with Crippen LogP contribution in [0.5, 0.6) is 5.75 Å². The molecule has 1 heterocycles. The summed E-state index contributed by atoms with van der Waals surface area (Å²) in [5.41, 5.74) is 0.295. The number of esters is 1. The summed E-state index contributed by atoms with van der Waals surface area (Å²) in [4.78, 5) is 24.3. The summed E-state index contributed by atoms with van der Waals surface area (Å²) in [5, 5.41) is 0.985. The minimum Gasteiger partial charge on any atom is -0.490 e. The third-order valence-electron chi connectivity index (χ3n) is 3.00. The molecule has 0 spiro atoms. The summed E-state index contributed by atoms with van der Waals surface area (Å²) in [7, 11) is 2.95. The number of carbonyl (C=O) groups is 1. The highest BCUT2D eigenvalue weighted by Crippen LogP contribution is 2.27. The van der Waals surface area contributed by atoms with Crippen LogP contribution in [0.3, 0.4) is 0 Å². The molecule has 106 valence electrons. The van der Waals surface area contributed by atoms with E-state index in [2.05, 4.69) is 0 Å². The number of fused-ring (bicyclic) bond motifs is 1. The van der Waals surface area contributed by atoms with Gasteiger partial charge < -0.3 is 14.0 Å². The molecule has 1 aromatic heterocycles. The lowest BCUT2D eigenvalue weighted by atomic mass is 10.1. The maximum Gasteiger partial charge on any atom is 0.342 e. The predicted octanol–water partition coefficient (Wildman–Crippen LogP) is 2.38. The Balaban J connectivity index is 2.94. The molecule has 0 bridgehead atoms. The number of halogens is 1. The van der Waals surface area contributed by atoms with E-state index in [9.17, 15) is 9.59 Å². The van der Waals surface area contributed by atoms with Crippen molar-refractivity contribution in [1.29, 1.82) is 0 Å². The molecule has 0 saturated heterocycles. The first-order valence-corrected chi connectivity index (χ1v) is 6.42. The number of pyridine rings is 1. The second-order valence-electron chi connectivity index (χ2n) is 4.15. The Morgan fingerprint density at radius 1 is 1.40 bits per heavy atom. The average Bonchev–Trinajstić information content (AvgIpc) is 2.42. The number of methoxy groups -OCH3 is 1. The van der Waals surface area contributed by atoms with Crippen molar-refractivity contribution >= 4 is 28.5 Å². The Hall–Kier alpha value is -2.01. The first-order chi connectivity index (χ1) is 9.51. The molecule has 2 aromatic rings. The van der Waals surface area contributed by atoms with Crippen molar-refractivity contribution in [3.05, 3.63) is 39.1 Å². The second-order valence-corrected chi connectivity index (χ2v) is 4.59. The van der Waals surface area contributed by atoms with Crippen molar-refractivity contribution in [3.63, 3.8) is 0 Å². The number of aromatic nitrogens is 1. The summed E-state index contributed by atoms with van der Waals surface area (Å²) in [6, 6.07) is 4.96. The lowest BCUT2D eigenvalue weighted by Gasteiger charge is -2.13. The van der Waals surface area contributed by atoms with Crippen LogP contribution >= 0.6 is 11.6 Å². The van der Waals surface area contributed by atoms with Crippen LogP contribution in [-0.4, -0.2) is 24.3 Å². The Morgan fingerprint density at radius 2 is 2.10 bits per heavy atom. The molecule has 0 aliphatic carbocycles. The van der Waals surface area contributed by atoms with Crippen LogP contribution in [0, 0.1) is 0 Å². The van der Waals surface area contributed by atoms with Gasteiger partial charge in [-0.2, -0.15) is 0 Å².